The summed E-state index contributed by atoms with van der Waals surface area (Å²) in [5.74, 6) is -0.0912. The molecule has 0 aliphatic carbocycles. The van der Waals surface area contributed by atoms with Crippen LogP contribution in [-0.2, 0) is 4.79 Å². The lowest BCUT2D eigenvalue weighted by Gasteiger charge is -2.08. The summed E-state index contributed by atoms with van der Waals surface area (Å²) in [7, 11) is 0. The third-order valence-corrected chi connectivity index (χ3v) is 2.52. The van der Waals surface area contributed by atoms with E-state index in [9.17, 15) is 4.79 Å². The first kappa shape index (κ1) is 9.86. The lowest BCUT2D eigenvalue weighted by molar-refractivity contribution is -0.112. The van der Waals surface area contributed by atoms with Crippen LogP contribution in [0.25, 0.3) is 0 Å². The molecular formula is C11H10N2OS. The van der Waals surface area contributed by atoms with Gasteiger partial charge in [-0.1, -0.05) is 18.2 Å². The Morgan fingerprint density at radius 1 is 1.27 bits per heavy atom. The summed E-state index contributed by atoms with van der Waals surface area (Å²) in [6, 6.07) is 9.40. The summed E-state index contributed by atoms with van der Waals surface area (Å²) in [4.78, 5) is 11.7. The highest BCUT2D eigenvalue weighted by Gasteiger charge is 2.08. The lowest BCUT2D eigenvalue weighted by Crippen LogP contribution is -2.14. The maximum atomic E-state index is 11.7. The number of rotatable bonds is 2. The third-order valence-electron chi connectivity index (χ3n) is 1.88. The monoisotopic (exact) mass is 218 g/mol. The van der Waals surface area contributed by atoms with Crippen LogP contribution in [0.1, 0.15) is 0 Å². The van der Waals surface area contributed by atoms with Crippen molar-refractivity contribution in [3.05, 3.63) is 53.6 Å². The van der Waals surface area contributed by atoms with E-state index in [1.807, 2.05) is 30.3 Å². The van der Waals surface area contributed by atoms with Crippen molar-refractivity contribution in [3.63, 3.8) is 0 Å². The van der Waals surface area contributed by atoms with Crippen molar-refractivity contribution < 1.29 is 4.79 Å². The Bertz CT molecular complexity index is 412. The second kappa shape index (κ2) is 4.70. The van der Waals surface area contributed by atoms with E-state index in [-0.39, 0.29) is 5.91 Å². The van der Waals surface area contributed by atoms with E-state index >= 15 is 0 Å². The Morgan fingerprint density at radius 3 is 2.73 bits per heavy atom. The predicted molar refractivity (Wildman–Crippen MR) is 63.0 cm³/mol. The minimum absolute atomic E-state index is 0.0912. The van der Waals surface area contributed by atoms with Crippen molar-refractivity contribution in [2.24, 2.45) is 0 Å². The molecule has 3 nitrogen and oxygen atoms in total. The Morgan fingerprint density at radius 2 is 2.07 bits per heavy atom. The van der Waals surface area contributed by atoms with Gasteiger partial charge in [0.1, 0.15) is 0 Å². The maximum Gasteiger partial charge on any atom is 0.256 e. The number of amides is 1. The molecule has 1 aliphatic rings. The van der Waals surface area contributed by atoms with E-state index < -0.39 is 0 Å². The summed E-state index contributed by atoms with van der Waals surface area (Å²) in [6.07, 6.45) is 3.49. The molecule has 0 atom stereocenters. The predicted octanol–water partition coefficient (Wildman–Crippen LogP) is 2.27. The molecule has 1 aromatic rings. The summed E-state index contributed by atoms with van der Waals surface area (Å²) >= 11 is 1.38. The van der Waals surface area contributed by atoms with Gasteiger partial charge in [0.25, 0.3) is 5.91 Å². The third kappa shape index (κ3) is 2.63. The first-order chi connectivity index (χ1) is 7.36. The van der Waals surface area contributed by atoms with Gasteiger partial charge in [-0.25, -0.2) is 0 Å². The van der Waals surface area contributed by atoms with Crippen molar-refractivity contribution in [2.75, 3.05) is 5.32 Å². The molecule has 2 N–H and O–H groups in total. The van der Waals surface area contributed by atoms with Crippen LogP contribution in [-0.4, -0.2) is 5.91 Å². The number of hydrogen-bond acceptors (Lipinski definition) is 3. The fraction of sp³-hybridized carbons (Fsp3) is 0. The number of nitrogens with one attached hydrogen (secondary N) is 2. The highest BCUT2D eigenvalue weighted by molar-refractivity contribution is 8.00. The SMILES string of the molecule is O=C(Nc1ccccc1)C1=CSNC=C1. The fourth-order valence-electron chi connectivity index (χ4n) is 1.15. The van der Waals surface area contributed by atoms with Crippen molar-refractivity contribution in [1.29, 1.82) is 0 Å². The second-order valence-corrected chi connectivity index (χ2v) is 3.67. The Balaban J connectivity index is 2.04. The van der Waals surface area contributed by atoms with Crippen molar-refractivity contribution >= 4 is 23.5 Å². The number of hydrogen-bond donors (Lipinski definition) is 2. The number of carbonyl (C=O) groups excluding carboxylic acids is 1. The molecule has 0 spiro atoms. The molecule has 15 heavy (non-hydrogen) atoms. The van der Waals surface area contributed by atoms with Crippen LogP contribution in [0.2, 0.25) is 0 Å². The zero-order valence-electron chi connectivity index (χ0n) is 7.94. The summed E-state index contributed by atoms with van der Waals surface area (Å²) in [5.41, 5.74) is 1.46. The first-order valence-electron chi connectivity index (χ1n) is 4.50. The second-order valence-electron chi connectivity index (χ2n) is 2.96. The number of carbonyl (C=O) groups is 1. The molecule has 4 heteroatoms. The average molecular weight is 218 g/mol. The average Bonchev–Trinajstić information content (AvgIpc) is 2.31. The lowest BCUT2D eigenvalue weighted by atomic mass is 10.2. The molecule has 1 aromatic carbocycles. The van der Waals surface area contributed by atoms with Gasteiger partial charge in [-0.05, 0) is 30.2 Å². The Hall–Kier alpha value is -1.68. The van der Waals surface area contributed by atoms with Crippen molar-refractivity contribution in [1.82, 2.24) is 4.72 Å². The quantitative estimate of drug-likeness (QED) is 0.748. The number of para-hydroxylation sites is 1. The summed E-state index contributed by atoms with van der Waals surface area (Å²) in [6.45, 7) is 0. The molecule has 0 bridgehead atoms. The van der Waals surface area contributed by atoms with E-state index in [1.165, 1.54) is 11.9 Å². The molecule has 0 fully saturated rings. The van der Waals surface area contributed by atoms with E-state index in [0.717, 1.165) is 5.69 Å². The van der Waals surface area contributed by atoms with Gasteiger partial charge >= 0.3 is 0 Å². The molecule has 2 rings (SSSR count). The normalized spacial score (nSPS) is 14.0. The fourth-order valence-corrected chi connectivity index (χ4v) is 1.68. The standard InChI is InChI=1S/C11H10N2OS/c14-11(9-6-7-12-15-8-9)13-10-4-2-1-3-5-10/h1-8,12H,(H,13,14). The van der Waals surface area contributed by atoms with Crippen LogP contribution in [0.3, 0.4) is 0 Å². The Kier molecular flexibility index (Phi) is 3.09. The van der Waals surface area contributed by atoms with Crippen molar-refractivity contribution in [2.45, 2.75) is 0 Å². The molecule has 0 aromatic heterocycles. The maximum absolute atomic E-state index is 11.7. The van der Waals surface area contributed by atoms with Crippen LogP contribution in [0.5, 0.6) is 0 Å². The molecular weight excluding hydrogens is 208 g/mol. The van der Waals surface area contributed by atoms with Crippen LogP contribution in [0, 0.1) is 0 Å². The van der Waals surface area contributed by atoms with Crippen LogP contribution < -0.4 is 10.0 Å². The van der Waals surface area contributed by atoms with E-state index in [0.29, 0.717) is 5.57 Å². The minimum Gasteiger partial charge on any atom is -0.333 e. The smallest absolute Gasteiger partial charge is 0.256 e. The van der Waals surface area contributed by atoms with Gasteiger partial charge in [-0.2, -0.15) is 0 Å². The number of anilines is 1. The van der Waals surface area contributed by atoms with Gasteiger partial charge in [0.05, 0.1) is 0 Å². The van der Waals surface area contributed by atoms with Gasteiger partial charge in [0.15, 0.2) is 0 Å². The van der Waals surface area contributed by atoms with E-state index in [2.05, 4.69) is 10.0 Å². The summed E-state index contributed by atoms with van der Waals surface area (Å²) in [5, 5.41) is 4.59. The first-order valence-corrected chi connectivity index (χ1v) is 5.38. The van der Waals surface area contributed by atoms with E-state index in [1.54, 1.807) is 17.7 Å². The highest BCUT2D eigenvalue weighted by atomic mass is 32.2. The van der Waals surface area contributed by atoms with E-state index in [4.69, 9.17) is 0 Å². The van der Waals surface area contributed by atoms with Gasteiger partial charge in [0.2, 0.25) is 0 Å². The molecule has 1 heterocycles. The van der Waals surface area contributed by atoms with Gasteiger partial charge in [-0.15, -0.1) is 0 Å². The molecule has 0 unspecified atom stereocenters. The molecule has 1 aliphatic heterocycles. The molecule has 0 saturated carbocycles. The number of benzene rings is 1. The van der Waals surface area contributed by atoms with Crippen LogP contribution in [0.4, 0.5) is 5.69 Å². The minimum atomic E-state index is -0.0912. The summed E-state index contributed by atoms with van der Waals surface area (Å²) < 4.78 is 2.91. The molecule has 1 amide bonds. The zero-order chi connectivity index (χ0) is 10.5. The largest absolute Gasteiger partial charge is 0.333 e. The van der Waals surface area contributed by atoms with Gasteiger partial charge in [-0.3, -0.25) is 4.79 Å². The molecule has 76 valence electrons. The topological polar surface area (TPSA) is 41.1 Å². The van der Waals surface area contributed by atoms with Crippen LogP contribution >= 0.6 is 11.9 Å². The molecule has 0 radical (unpaired) electrons. The van der Waals surface area contributed by atoms with Crippen LogP contribution in [0.15, 0.2) is 53.6 Å². The van der Waals surface area contributed by atoms with Crippen molar-refractivity contribution in [3.8, 4) is 0 Å². The Labute approximate surface area is 92.4 Å². The highest BCUT2D eigenvalue weighted by Crippen LogP contribution is 2.13. The molecule has 0 saturated heterocycles. The van der Waals surface area contributed by atoms with Gasteiger partial charge < -0.3 is 10.0 Å². The zero-order valence-corrected chi connectivity index (χ0v) is 8.75. The van der Waals surface area contributed by atoms with Gasteiger partial charge in [0, 0.05) is 22.9 Å².